The van der Waals surface area contributed by atoms with E-state index in [1.807, 2.05) is 13.8 Å². The summed E-state index contributed by atoms with van der Waals surface area (Å²) in [6.45, 7) is 5.98. The molecular weight excluding hydrogens is 252 g/mol. The van der Waals surface area contributed by atoms with Gasteiger partial charge in [0.15, 0.2) is 5.82 Å². The van der Waals surface area contributed by atoms with Gasteiger partial charge in [-0.2, -0.15) is 0 Å². The zero-order chi connectivity index (χ0) is 14.1. The van der Waals surface area contributed by atoms with Gasteiger partial charge in [0.2, 0.25) is 0 Å². The van der Waals surface area contributed by atoms with Crippen LogP contribution >= 0.6 is 0 Å². The molecule has 5 heteroatoms. The van der Waals surface area contributed by atoms with Crippen molar-refractivity contribution in [2.75, 3.05) is 18.0 Å². The summed E-state index contributed by atoms with van der Waals surface area (Å²) in [5.74, 6) is 0.626. The first-order valence-corrected chi connectivity index (χ1v) is 7.74. The van der Waals surface area contributed by atoms with E-state index in [4.69, 9.17) is 0 Å². The second-order valence-corrected chi connectivity index (χ2v) is 6.23. The maximum Gasteiger partial charge on any atom is 0.293 e. The molecule has 2 heterocycles. The van der Waals surface area contributed by atoms with Crippen LogP contribution < -0.4 is 15.8 Å². The van der Waals surface area contributed by atoms with Crippen molar-refractivity contribution >= 4 is 5.82 Å². The minimum atomic E-state index is 0.0424. The van der Waals surface area contributed by atoms with Crippen LogP contribution in [-0.2, 0) is 0 Å². The number of hydrogen-bond acceptors (Lipinski definition) is 4. The fourth-order valence-corrected chi connectivity index (χ4v) is 2.93. The normalized spacial score (nSPS) is 22.8. The molecule has 1 aliphatic heterocycles. The lowest BCUT2D eigenvalue weighted by Crippen LogP contribution is -2.42. The van der Waals surface area contributed by atoms with Gasteiger partial charge in [0, 0.05) is 43.6 Å². The van der Waals surface area contributed by atoms with Gasteiger partial charge in [-0.15, -0.1) is 0 Å². The summed E-state index contributed by atoms with van der Waals surface area (Å²) in [6, 6.07) is 1.31. The van der Waals surface area contributed by atoms with Crippen LogP contribution in [-0.4, -0.2) is 34.7 Å². The van der Waals surface area contributed by atoms with Gasteiger partial charge in [-0.25, -0.2) is 4.98 Å². The fourth-order valence-electron chi connectivity index (χ4n) is 2.93. The second kappa shape index (κ2) is 5.56. The van der Waals surface area contributed by atoms with Gasteiger partial charge in [-0.3, -0.25) is 4.79 Å². The number of nitrogens with one attached hydrogen (secondary N) is 1. The van der Waals surface area contributed by atoms with Crippen molar-refractivity contribution in [2.45, 2.75) is 57.7 Å². The molecule has 0 aromatic carbocycles. The monoisotopic (exact) mass is 276 g/mol. The van der Waals surface area contributed by atoms with Crippen LogP contribution in [0.2, 0.25) is 0 Å². The molecule has 0 amide bonds. The molecule has 110 valence electrons. The van der Waals surface area contributed by atoms with Gasteiger partial charge in [0.1, 0.15) is 0 Å². The van der Waals surface area contributed by atoms with Gasteiger partial charge in [0.05, 0.1) is 0 Å². The Morgan fingerprint density at radius 3 is 2.90 bits per heavy atom. The van der Waals surface area contributed by atoms with E-state index in [1.165, 1.54) is 12.8 Å². The van der Waals surface area contributed by atoms with Crippen LogP contribution in [0.4, 0.5) is 5.82 Å². The summed E-state index contributed by atoms with van der Waals surface area (Å²) >= 11 is 0. The molecule has 1 N–H and O–H groups in total. The molecule has 0 bridgehead atoms. The summed E-state index contributed by atoms with van der Waals surface area (Å²) in [6.07, 6.45) is 8.43. The molecule has 5 nitrogen and oxygen atoms in total. The van der Waals surface area contributed by atoms with Crippen LogP contribution in [0.1, 0.15) is 45.6 Å². The van der Waals surface area contributed by atoms with Crippen LogP contribution in [0.3, 0.4) is 0 Å². The highest BCUT2D eigenvalue weighted by molar-refractivity contribution is 5.39. The van der Waals surface area contributed by atoms with E-state index in [-0.39, 0.29) is 11.6 Å². The lowest BCUT2D eigenvalue weighted by Gasteiger charge is -2.26. The molecule has 1 atom stereocenters. The van der Waals surface area contributed by atoms with Gasteiger partial charge in [-0.05, 0) is 39.5 Å². The molecule has 0 spiro atoms. The zero-order valence-electron chi connectivity index (χ0n) is 12.4. The number of hydrogen-bond donors (Lipinski definition) is 1. The van der Waals surface area contributed by atoms with Crippen LogP contribution in [0.25, 0.3) is 0 Å². The van der Waals surface area contributed by atoms with Crippen LogP contribution in [0, 0.1) is 0 Å². The van der Waals surface area contributed by atoms with Gasteiger partial charge in [0.25, 0.3) is 5.56 Å². The predicted molar refractivity (Wildman–Crippen MR) is 80.3 cm³/mol. The molecule has 20 heavy (non-hydrogen) atoms. The van der Waals surface area contributed by atoms with Gasteiger partial charge >= 0.3 is 0 Å². The molecule has 1 aromatic rings. The summed E-state index contributed by atoms with van der Waals surface area (Å²) in [5, 5.41) is 3.58. The largest absolute Gasteiger partial charge is 0.348 e. The Morgan fingerprint density at radius 1 is 1.40 bits per heavy atom. The maximum atomic E-state index is 12.5. The molecule has 3 rings (SSSR count). The van der Waals surface area contributed by atoms with E-state index in [9.17, 15) is 4.79 Å². The van der Waals surface area contributed by atoms with E-state index in [1.54, 1.807) is 17.0 Å². The average Bonchev–Trinajstić information content (AvgIpc) is 3.14. The SMILES string of the molecule is CC(C)n1ccnc(N2CCCC2CNC2CC2)c1=O. The molecule has 0 radical (unpaired) electrons. The fraction of sp³-hybridized carbons (Fsp3) is 0.733. The molecule has 1 unspecified atom stereocenters. The summed E-state index contributed by atoms with van der Waals surface area (Å²) in [4.78, 5) is 19.1. The van der Waals surface area contributed by atoms with Crippen molar-refractivity contribution in [2.24, 2.45) is 0 Å². The quantitative estimate of drug-likeness (QED) is 0.886. The van der Waals surface area contributed by atoms with Crippen molar-refractivity contribution in [3.05, 3.63) is 22.7 Å². The molecular formula is C15H24N4O. The standard InChI is InChI=1S/C15H24N4O/c1-11(2)18-9-7-16-14(15(18)20)19-8-3-4-13(19)10-17-12-5-6-12/h7,9,11-13,17H,3-6,8,10H2,1-2H3. The first-order chi connectivity index (χ1) is 9.66. The van der Waals surface area contributed by atoms with Crippen molar-refractivity contribution in [1.29, 1.82) is 0 Å². The topological polar surface area (TPSA) is 50.2 Å². The molecule has 2 aliphatic rings. The summed E-state index contributed by atoms with van der Waals surface area (Å²) in [7, 11) is 0. The van der Waals surface area contributed by atoms with E-state index < -0.39 is 0 Å². The Morgan fingerprint density at radius 2 is 2.20 bits per heavy atom. The number of anilines is 1. The molecule has 1 aliphatic carbocycles. The van der Waals surface area contributed by atoms with Crippen molar-refractivity contribution < 1.29 is 0 Å². The molecule has 1 aromatic heterocycles. The highest BCUT2D eigenvalue weighted by Gasteiger charge is 2.30. The number of nitrogens with zero attached hydrogens (tertiary/aromatic N) is 3. The Kier molecular flexibility index (Phi) is 3.78. The van der Waals surface area contributed by atoms with Crippen molar-refractivity contribution in [1.82, 2.24) is 14.9 Å². The van der Waals surface area contributed by atoms with E-state index >= 15 is 0 Å². The Hall–Kier alpha value is -1.36. The minimum absolute atomic E-state index is 0.0424. The Bertz CT molecular complexity index is 521. The number of rotatable bonds is 5. The third kappa shape index (κ3) is 2.73. The smallest absolute Gasteiger partial charge is 0.293 e. The molecule has 2 fully saturated rings. The molecule has 1 saturated heterocycles. The first kappa shape index (κ1) is 13.6. The van der Waals surface area contributed by atoms with Gasteiger partial charge in [-0.1, -0.05) is 0 Å². The number of aromatic nitrogens is 2. The van der Waals surface area contributed by atoms with Crippen molar-refractivity contribution in [3.63, 3.8) is 0 Å². The van der Waals surface area contributed by atoms with E-state index in [0.717, 1.165) is 25.9 Å². The third-order valence-corrected chi connectivity index (χ3v) is 4.27. The second-order valence-electron chi connectivity index (χ2n) is 6.23. The highest BCUT2D eigenvalue weighted by atomic mass is 16.1. The Labute approximate surface area is 120 Å². The minimum Gasteiger partial charge on any atom is -0.348 e. The third-order valence-electron chi connectivity index (χ3n) is 4.27. The molecule has 1 saturated carbocycles. The van der Waals surface area contributed by atoms with Gasteiger partial charge < -0.3 is 14.8 Å². The zero-order valence-corrected chi connectivity index (χ0v) is 12.4. The van der Waals surface area contributed by atoms with Crippen molar-refractivity contribution in [3.8, 4) is 0 Å². The Balaban J connectivity index is 1.79. The lowest BCUT2D eigenvalue weighted by atomic mass is 10.2. The average molecular weight is 276 g/mol. The van der Waals surface area contributed by atoms with Crippen LogP contribution in [0.15, 0.2) is 17.2 Å². The first-order valence-electron chi connectivity index (χ1n) is 7.74. The summed E-state index contributed by atoms with van der Waals surface area (Å²) in [5.41, 5.74) is 0.0424. The highest BCUT2D eigenvalue weighted by Crippen LogP contribution is 2.23. The van der Waals surface area contributed by atoms with E-state index in [2.05, 4.69) is 15.2 Å². The maximum absolute atomic E-state index is 12.5. The van der Waals surface area contributed by atoms with Crippen LogP contribution in [0.5, 0.6) is 0 Å². The predicted octanol–water partition coefficient (Wildman–Crippen LogP) is 1.54. The lowest BCUT2D eigenvalue weighted by molar-refractivity contribution is 0.550. The van der Waals surface area contributed by atoms with E-state index in [0.29, 0.717) is 17.9 Å². The summed E-state index contributed by atoms with van der Waals surface area (Å²) < 4.78 is 1.77.